The molecule has 0 aromatic heterocycles. The summed E-state index contributed by atoms with van der Waals surface area (Å²) in [6, 6.07) is 10.1. The first-order chi connectivity index (χ1) is 7.85. The highest BCUT2D eigenvalue weighted by Crippen LogP contribution is 2.44. The fraction of sp³-hybridized carbons (Fsp3) is 0.500. The number of nitrogens with zero attached hydrogens (tertiary/aromatic N) is 2. The lowest BCUT2D eigenvalue weighted by Gasteiger charge is -2.16. The van der Waals surface area contributed by atoms with Crippen molar-refractivity contribution < 1.29 is 0 Å². The second kappa shape index (κ2) is 3.92. The molecule has 0 amide bonds. The van der Waals surface area contributed by atoms with Crippen LogP contribution in [0.3, 0.4) is 0 Å². The first kappa shape index (κ1) is 9.86. The van der Waals surface area contributed by atoms with Gasteiger partial charge in [0.15, 0.2) is 0 Å². The highest BCUT2D eigenvalue weighted by atomic mass is 15.2. The molecule has 1 aliphatic carbocycles. The van der Waals surface area contributed by atoms with Gasteiger partial charge in [-0.15, -0.1) is 0 Å². The molecule has 0 spiro atoms. The van der Waals surface area contributed by atoms with Crippen LogP contribution in [0.4, 0.5) is 0 Å². The highest BCUT2D eigenvalue weighted by Gasteiger charge is 2.44. The standard InChI is InChI=1S/C14H16N2/c15-8-12-3-1-11(2-4-12)5-6-16-9-13-7-14(13)10-16/h1-4,13-14H,5-7,9-10H2. The Kier molecular flexibility index (Phi) is 2.41. The molecule has 2 nitrogen and oxygen atoms in total. The molecule has 1 aromatic rings. The Morgan fingerprint density at radius 1 is 1.19 bits per heavy atom. The summed E-state index contributed by atoms with van der Waals surface area (Å²) < 4.78 is 0. The molecule has 2 fully saturated rings. The molecule has 1 saturated heterocycles. The van der Waals surface area contributed by atoms with E-state index in [1.165, 1.54) is 31.6 Å². The quantitative estimate of drug-likeness (QED) is 0.766. The third kappa shape index (κ3) is 1.96. The molecular weight excluding hydrogens is 196 g/mol. The van der Waals surface area contributed by atoms with Crippen LogP contribution in [0.15, 0.2) is 24.3 Å². The largest absolute Gasteiger partial charge is 0.302 e. The second-order valence-corrected chi connectivity index (χ2v) is 5.07. The van der Waals surface area contributed by atoms with Gasteiger partial charge >= 0.3 is 0 Å². The lowest BCUT2D eigenvalue weighted by molar-refractivity contribution is 0.309. The summed E-state index contributed by atoms with van der Waals surface area (Å²) in [7, 11) is 0. The minimum atomic E-state index is 0.756. The molecule has 3 rings (SSSR count). The number of rotatable bonds is 3. The Morgan fingerprint density at radius 2 is 1.88 bits per heavy atom. The Balaban J connectivity index is 1.52. The average Bonchev–Trinajstić information content (AvgIpc) is 2.95. The van der Waals surface area contributed by atoms with E-state index in [4.69, 9.17) is 5.26 Å². The number of fused-ring (bicyclic) bond motifs is 1. The smallest absolute Gasteiger partial charge is 0.0991 e. The van der Waals surface area contributed by atoms with E-state index >= 15 is 0 Å². The van der Waals surface area contributed by atoms with Gasteiger partial charge in [-0.05, 0) is 42.4 Å². The summed E-state index contributed by atoms with van der Waals surface area (Å²) in [6.45, 7) is 3.82. The lowest BCUT2D eigenvalue weighted by Crippen LogP contribution is -2.25. The van der Waals surface area contributed by atoms with Crippen LogP contribution < -0.4 is 0 Å². The first-order valence-corrected chi connectivity index (χ1v) is 6.06. The molecule has 1 saturated carbocycles. The topological polar surface area (TPSA) is 27.0 Å². The summed E-state index contributed by atoms with van der Waals surface area (Å²) in [5, 5.41) is 8.71. The predicted molar refractivity (Wildman–Crippen MR) is 62.9 cm³/mol. The third-order valence-electron chi connectivity index (χ3n) is 3.85. The zero-order valence-corrected chi connectivity index (χ0v) is 9.39. The van der Waals surface area contributed by atoms with E-state index in [-0.39, 0.29) is 0 Å². The molecule has 2 atom stereocenters. The van der Waals surface area contributed by atoms with Gasteiger partial charge in [-0.1, -0.05) is 12.1 Å². The predicted octanol–water partition coefficient (Wildman–Crippen LogP) is 2.05. The molecule has 0 radical (unpaired) electrons. The minimum absolute atomic E-state index is 0.756. The average molecular weight is 212 g/mol. The SMILES string of the molecule is N#Cc1ccc(CCN2CC3CC3C2)cc1. The zero-order valence-electron chi connectivity index (χ0n) is 9.39. The van der Waals surface area contributed by atoms with Gasteiger partial charge in [0.05, 0.1) is 11.6 Å². The van der Waals surface area contributed by atoms with E-state index in [2.05, 4.69) is 23.1 Å². The number of hydrogen-bond donors (Lipinski definition) is 0. The molecule has 0 bridgehead atoms. The van der Waals surface area contributed by atoms with Gasteiger partial charge < -0.3 is 4.90 Å². The van der Waals surface area contributed by atoms with Gasteiger partial charge in [-0.2, -0.15) is 5.26 Å². The second-order valence-electron chi connectivity index (χ2n) is 5.07. The first-order valence-electron chi connectivity index (χ1n) is 6.06. The number of hydrogen-bond acceptors (Lipinski definition) is 2. The maximum atomic E-state index is 8.71. The maximum absolute atomic E-state index is 8.71. The van der Waals surface area contributed by atoms with Crippen LogP contribution in [0, 0.1) is 23.2 Å². The minimum Gasteiger partial charge on any atom is -0.302 e. The van der Waals surface area contributed by atoms with Crippen molar-refractivity contribution in [1.82, 2.24) is 4.90 Å². The molecule has 16 heavy (non-hydrogen) atoms. The van der Waals surface area contributed by atoms with E-state index in [1.807, 2.05) is 12.1 Å². The fourth-order valence-corrected chi connectivity index (χ4v) is 2.71. The van der Waals surface area contributed by atoms with Gasteiger partial charge in [-0.3, -0.25) is 0 Å². The van der Waals surface area contributed by atoms with Crippen LogP contribution in [0.1, 0.15) is 17.5 Å². The molecule has 2 unspecified atom stereocenters. The van der Waals surface area contributed by atoms with Gasteiger partial charge in [0, 0.05) is 19.6 Å². The van der Waals surface area contributed by atoms with Crippen molar-refractivity contribution in [3.05, 3.63) is 35.4 Å². The van der Waals surface area contributed by atoms with E-state index in [1.54, 1.807) is 0 Å². The van der Waals surface area contributed by atoms with Crippen molar-refractivity contribution in [2.24, 2.45) is 11.8 Å². The molecular formula is C14H16N2. The van der Waals surface area contributed by atoms with Gasteiger partial charge in [0.25, 0.3) is 0 Å². The Morgan fingerprint density at radius 3 is 2.50 bits per heavy atom. The van der Waals surface area contributed by atoms with Crippen LogP contribution in [-0.2, 0) is 6.42 Å². The molecule has 1 aliphatic heterocycles. The summed E-state index contributed by atoms with van der Waals surface area (Å²) in [5.74, 6) is 2.06. The maximum Gasteiger partial charge on any atom is 0.0991 e. The molecule has 2 aliphatic rings. The zero-order chi connectivity index (χ0) is 11.0. The monoisotopic (exact) mass is 212 g/mol. The molecule has 1 heterocycles. The summed E-state index contributed by atoms with van der Waals surface area (Å²) >= 11 is 0. The van der Waals surface area contributed by atoms with E-state index < -0.39 is 0 Å². The van der Waals surface area contributed by atoms with Crippen LogP contribution in [0.2, 0.25) is 0 Å². The van der Waals surface area contributed by atoms with E-state index in [9.17, 15) is 0 Å². The van der Waals surface area contributed by atoms with Crippen molar-refractivity contribution in [3.8, 4) is 6.07 Å². The van der Waals surface area contributed by atoms with E-state index in [0.717, 1.165) is 23.8 Å². The van der Waals surface area contributed by atoms with Crippen LogP contribution >= 0.6 is 0 Å². The fourth-order valence-electron chi connectivity index (χ4n) is 2.71. The van der Waals surface area contributed by atoms with Gasteiger partial charge in [-0.25, -0.2) is 0 Å². The van der Waals surface area contributed by atoms with Crippen molar-refractivity contribution >= 4 is 0 Å². The summed E-state index contributed by atoms with van der Waals surface area (Å²) in [4.78, 5) is 2.58. The highest BCUT2D eigenvalue weighted by molar-refractivity contribution is 5.31. The molecule has 82 valence electrons. The number of piperidine rings is 1. The Bertz CT molecular complexity index is 405. The van der Waals surface area contributed by atoms with Crippen LogP contribution in [0.5, 0.6) is 0 Å². The van der Waals surface area contributed by atoms with Crippen LogP contribution in [-0.4, -0.2) is 24.5 Å². The Labute approximate surface area is 96.5 Å². The van der Waals surface area contributed by atoms with Gasteiger partial charge in [0.1, 0.15) is 0 Å². The molecule has 1 aromatic carbocycles. The normalized spacial score (nSPS) is 27.4. The molecule has 0 N–H and O–H groups in total. The van der Waals surface area contributed by atoms with Crippen molar-refractivity contribution in [2.45, 2.75) is 12.8 Å². The number of benzene rings is 1. The summed E-state index contributed by atoms with van der Waals surface area (Å²) in [5.41, 5.74) is 2.10. The lowest BCUT2D eigenvalue weighted by atomic mass is 10.1. The third-order valence-corrected chi connectivity index (χ3v) is 3.85. The van der Waals surface area contributed by atoms with Crippen molar-refractivity contribution in [1.29, 1.82) is 5.26 Å². The number of likely N-dealkylation sites (tertiary alicyclic amines) is 1. The number of nitriles is 1. The molecule has 2 heteroatoms. The summed E-state index contributed by atoms with van der Waals surface area (Å²) in [6.07, 6.45) is 2.60. The van der Waals surface area contributed by atoms with Crippen LogP contribution in [0.25, 0.3) is 0 Å². The van der Waals surface area contributed by atoms with Crippen molar-refractivity contribution in [2.75, 3.05) is 19.6 Å². The van der Waals surface area contributed by atoms with E-state index in [0.29, 0.717) is 0 Å². The van der Waals surface area contributed by atoms with Gasteiger partial charge in [0.2, 0.25) is 0 Å². The Hall–Kier alpha value is -1.33. The van der Waals surface area contributed by atoms with Crippen molar-refractivity contribution in [3.63, 3.8) is 0 Å².